The molecule has 27 heavy (non-hydrogen) atoms. The predicted molar refractivity (Wildman–Crippen MR) is 96.8 cm³/mol. The largest absolute Gasteiger partial charge is 0.323 e. The first kappa shape index (κ1) is 19.0. The van der Waals surface area contributed by atoms with Crippen LogP contribution in [0.3, 0.4) is 0 Å². The Morgan fingerprint density at radius 1 is 1.15 bits per heavy atom. The summed E-state index contributed by atoms with van der Waals surface area (Å²) in [6.07, 6.45) is 2.38. The van der Waals surface area contributed by atoms with E-state index in [4.69, 9.17) is 0 Å². The van der Waals surface area contributed by atoms with Gasteiger partial charge in [0.1, 0.15) is 5.82 Å². The summed E-state index contributed by atoms with van der Waals surface area (Å²) in [5, 5.41) is 12.9. The molecule has 0 saturated heterocycles. The summed E-state index contributed by atoms with van der Waals surface area (Å²) >= 11 is 0. The van der Waals surface area contributed by atoms with Crippen molar-refractivity contribution in [3.63, 3.8) is 0 Å². The zero-order valence-electron chi connectivity index (χ0n) is 14.3. The van der Waals surface area contributed by atoms with E-state index in [1.807, 2.05) is 0 Å². The Kier molecular flexibility index (Phi) is 5.22. The molecular formula is C18H17FN2O5S. The fraction of sp³-hybridized carbons (Fsp3) is 0.278. The van der Waals surface area contributed by atoms with Crippen molar-refractivity contribution in [3.8, 4) is 0 Å². The van der Waals surface area contributed by atoms with Crippen LogP contribution < -0.4 is 5.32 Å². The van der Waals surface area contributed by atoms with E-state index in [2.05, 4.69) is 5.32 Å². The molecule has 9 heteroatoms. The molecule has 0 bridgehead atoms. The average Bonchev–Trinajstić information content (AvgIpc) is 3.09. The van der Waals surface area contributed by atoms with Gasteiger partial charge in [0.25, 0.3) is 5.69 Å². The molecule has 2 aromatic rings. The van der Waals surface area contributed by atoms with Gasteiger partial charge in [-0.3, -0.25) is 14.9 Å². The topological polar surface area (TPSA) is 106 Å². The summed E-state index contributed by atoms with van der Waals surface area (Å²) in [5.74, 6) is -2.01. The third-order valence-electron chi connectivity index (χ3n) is 4.46. The highest BCUT2D eigenvalue weighted by Gasteiger charge is 2.20. The second-order valence-corrected chi connectivity index (χ2v) is 8.43. The molecule has 0 aromatic heterocycles. The van der Waals surface area contributed by atoms with E-state index in [1.54, 1.807) is 12.1 Å². The second-order valence-electron chi connectivity index (χ2n) is 6.32. The summed E-state index contributed by atoms with van der Waals surface area (Å²) in [7, 11) is -3.66. The lowest BCUT2D eigenvalue weighted by Gasteiger charge is -2.08. The van der Waals surface area contributed by atoms with Crippen molar-refractivity contribution in [3.05, 3.63) is 63.5 Å². The van der Waals surface area contributed by atoms with E-state index in [1.165, 1.54) is 6.07 Å². The number of nitrogens with one attached hydrogen (secondary N) is 1. The Labute approximate surface area is 155 Å². The van der Waals surface area contributed by atoms with Gasteiger partial charge in [-0.25, -0.2) is 12.8 Å². The van der Waals surface area contributed by atoms with Gasteiger partial charge in [-0.05, 0) is 48.6 Å². The Bertz CT molecular complexity index is 1020. The number of anilines is 1. The van der Waals surface area contributed by atoms with Crippen LogP contribution in [0.4, 0.5) is 15.8 Å². The summed E-state index contributed by atoms with van der Waals surface area (Å²) < 4.78 is 38.6. The van der Waals surface area contributed by atoms with Crippen LogP contribution in [0.25, 0.3) is 0 Å². The summed E-state index contributed by atoms with van der Waals surface area (Å²) in [6.45, 7) is 0. The van der Waals surface area contributed by atoms with Gasteiger partial charge in [-0.1, -0.05) is 6.07 Å². The maximum absolute atomic E-state index is 13.7. The zero-order valence-corrected chi connectivity index (χ0v) is 15.1. The lowest BCUT2D eigenvalue weighted by molar-refractivity contribution is -0.384. The van der Waals surface area contributed by atoms with Crippen molar-refractivity contribution in [2.75, 3.05) is 11.1 Å². The number of sulfone groups is 1. The van der Waals surface area contributed by atoms with E-state index in [0.717, 1.165) is 48.6 Å². The number of nitro groups is 1. The number of fused-ring (bicyclic) bond motifs is 1. The molecule has 1 amide bonds. The monoisotopic (exact) mass is 392 g/mol. The molecular weight excluding hydrogens is 375 g/mol. The molecule has 0 fully saturated rings. The van der Waals surface area contributed by atoms with Crippen LogP contribution in [-0.4, -0.2) is 25.0 Å². The lowest BCUT2D eigenvalue weighted by atomic mass is 10.1. The minimum Gasteiger partial charge on any atom is -0.323 e. The van der Waals surface area contributed by atoms with E-state index in [-0.39, 0.29) is 22.7 Å². The molecule has 0 unspecified atom stereocenters. The predicted octanol–water partition coefficient (Wildman–Crippen LogP) is 3.03. The highest BCUT2D eigenvalue weighted by molar-refractivity contribution is 7.91. The molecule has 1 N–H and O–H groups in total. The Hall–Kier alpha value is -2.81. The maximum Gasteiger partial charge on any atom is 0.271 e. The van der Waals surface area contributed by atoms with Gasteiger partial charge in [0.05, 0.1) is 21.3 Å². The normalized spacial score (nSPS) is 13.2. The number of hydrogen-bond acceptors (Lipinski definition) is 5. The van der Waals surface area contributed by atoms with E-state index in [9.17, 15) is 27.7 Å². The maximum atomic E-state index is 13.7. The molecule has 0 aliphatic heterocycles. The van der Waals surface area contributed by atoms with Crippen molar-refractivity contribution in [2.24, 2.45) is 0 Å². The smallest absolute Gasteiger partial charge is 0.271 e. The van der Waals surface area contributed by atoms with Gasteiger partial charge >= 0.3 is 0 Å². The van der Waals surface area contributed by atoms with Crippen LogP contribution >= 0.6 is 0 Å². The Balaban J connectivity index is 1.67. The molecule has 0 saturated carbocycles. The Morgan fingerprint density at radius 2 is 1.89 bits per heavy atom. The molecule has 0 radical (unpaired) electrons. The standard InChI is InChI=1S/C18H17FN2O5S/c19-16-7-5-14(21(23)24)11-17(16)20-18(22)8-9-27(25,26)15-6-4-12-2-1-3-13(12)10-15/h4-7,10-11H,1-3,8-9H2,(H,20,22). The fourth-order valence-electron chi connectivity index (χ4n) is 3.02. The van der Waals surface area contributed by atoms with E-state index < -0.39 is 32.2 Å². The van der Waals surface area contributed by atoms with E-state index in [0.29, 0.717) is 0 Å². The van der Waals surface area contributed by atoms with Crippen LogP contribution in [0.5, 0.6) is 0 Å². The minimum absolute atomic E-state index is 0.164. The molecule has 0 heterocycles. The van der Waals surface area contributed by atoms with Gasteiger partial charge in [0.15, 0.2) is 9.84 Å². The van der Waals surface area contributed by atoms with Crippen LogP contribution in [-0.2, 0) is 27.5 Å². The molecule has 7 nitrogen and oxygen atoms in total. The zero-order chi connectivity index (χ0) is 19.6. The first-order valence-electron chi connectivity index (χ1n) is 8.34. The molecule has 2 aromatic carbocycles. The summed E-state index contributed by atoms with van der Waals surface area (Å²) in [4.78, 5) is 22.2. The van der Waals surface area contributed by atoms with Crippen molar-refractivity contribution >= 4 is 27.1 Å². The second kappa shape index (κ2) is 7.43. The number of non-ortho nitro benzene ring substituents is 1. The van der Waals surface area contributed by atoms with Gasteiger partial charge < -0.3 is 5.32 Å². The number of benzene rings is 2. The number of amides is 1. The molecule has 0 atom stereocenters. The molecule has 142 valence electrons. The van der Waals surface area contributed by atoms with Gasteiger partial charge in [0.2, 0.25) is 5.91 Å². The molecule has 3 rings (SSSR count). The number of rotatable bonds is 6. The SMILES string of the molecule is O=C(CCS(=O)(=O)c1ccc2c(c1)CCC2)Nc1cc([N+](=O)[O-])ccc1F. The quantitative estimate of drug-likeness (QED) is 0.601. The minimum atomic E-state index is -3.66. The number of hydrogen-bond donors (Lipinski definition) is 1. The lowest BCUT2D eigenvalue weighted by Crippen LogP contribution is -2.18. The fourth-order valence-corrected chi connectivity index (χ4v) is 4.31. The highest BCUT2D eigenvalue weighted by atomic mass is 32.2. The third-order valence-corrected chi connectivity index (χ3v) is 6.18. The highest BCUT2D eigenvalue weighted by Crippen LogP contribution is 2.26. The number of nitro benzene ring substituents is 1. The number of aryl methyl sites for hydroxylation is 2. The van der Waals surface area contributed by atoms with Gasteiger partial charge in [-0.2, -0.15) is 0 Å². The molecule has 0 spiro atoms. The summed E-state index contributed by atoms with van der Waals surface area (Å²) in [6, 6.07) is 7.72. The Morgan fingerprint density at radius 3 is 2.63 bits per heavy atom. The first-order chi connectivity index (χ1) is 12.8. The van der Waals surface area contributed by atoms with E-state index >= 15 is 0 Å². The third kappa shape index (κ3) is 4.30. The number of carbonyl (C=O) groups excluding carboxylic acids is 1. The van der Waals surface area contributed by atoms with Crippen molar-refractivity contribution in [1.82, 2.24) is 0 Å². The molecule has 1 aliphatic rings. The number of nitrogens with zero attached hydrogens (tertiary/aromatic N) is 1. The number of halogens is 1. The van der Waals surface area contributed by atoms with Gasteiger partial charge in [0, 0.05) is 18.6 Å². The first-order valence-corrected chi connectivity index (χ1v) is 10.00. The van der Waals surface area contributed by atoms with Crippen molar-refractivity contribution < 1.29 is 22.5 Å². The van der Waals surface area contributed by atoms with Gasteiger partial charge in [-0.15, -0.1) is 0 Å². The molecule has 1 aliphatic carbocycles. The van der Waals surface area contributed by atoms with Crippen LogP contribution in [0.1, 0.15) is 24.0 Å². The summed E-state index contributed by atoms with van der Waals surface area (Å²) in [5.41, 5.74) is 1.42. The van der Waals surface area contributed by atoms with Crippen LogP contribution in [0.2, 0.25) is 0 Å². The van der Waals surface area contributed by atoms with Crippen LogP contribution in [0.15, 0.2) is 41.3 Å². The average molecular weight is 392 g/mol. The van der Waals surface area contributed by atoms with Crippen LogP contribution in [0, 0.1) is 15.9 Å². The number of carbonyl (C=O) groups is 1. The van der Waals surface area contributed by atoms with Crippen molar-refractivity contribution in [2.45, 2.75) is 30.6 Å². The van der Waals surface area contributed by atoms with Crippen molar-refractivity contribution in [1.29, 1.82) is 0 Å².